The number of thiol groups is 1. The molecule has 3 amide bonds. The molecule has 3 atom stereocenters. The van der Waals surface area contributed by atoms with E-state index >= 15 is 0 Å². The fourth-order valence-corrected chi connectivity index (χ4v) is 1.61. The molecule has 0 rings (SSSR count). The quantitative estimate of drug-likeness (QED) is 0.213. The van der Waals surface area contributed by atoms with Crippen LogP contribution in [0.3, 0.4) is 0 Å². The Kier molecular flexibility index (Phi) is 9.13. The van der Waals surface area contributed by atoms with Gasteiger partial charge < -0.3 is 31.9 Å². The first-order chi connectivity index (χ1) is 10.2. The second-order valence-electron chi connectivity index (χ2n) is 4.35. The summed E-state index contributed by atoms with van der Waals surface area (Å²) in [4.78, 5) is 45.1. The Hall–Kier alpha value is -1.85. The van der Waals surface area contributed by atoms with E-state index in [1.165, 1.54) is 6.92 Å². The molecule has 22 heavy (non-hydrogen) atoms. The van der Waals surface area contributed by atoms with E-state index in [1.807, 2.05) is 0 Å². The SMILES string of the molecule is CC(O)C(NC(=O)CNC(=O)C(CS)NC(=O)CN)C(=O)O. The number of nitrogens with one attached hydrogen (secondary N) is 3. The Morgan fingerprint density at radius 2 is 1.77 bits per heavy atom. The maximum Gasteiger partial charge on any atom is 0.328 e. The molecule has 0 fully saturated rings. The Morgan fingerprint density at radius 1 is 1.18 bits per heavy atom. The van der Waals surface area contributed by atoms with Gasteiger partial charge >= 0.3 is 5.97 Å². The molecule has 11 heteroatoms. The second-order valence-corrected chi connectivity index (χ2v) is 4.71. The average molecular weight is 336 g/mol. The highest BCUT2D eigenvalue weighted by Gasteiger charge is 2.25. The zero-order chi connectivity index (χ0) is 17.3. The van der Waals surface area contributed by atoms with Crippen LogP contribution >= 0.6 is 12.6 Å². The lowest BCUT2D eigenvalue weighted by Crippen LogP contribution is -2.53. The number of nitrogens with two attached hydrogens (primary N) is 1. The molecule has 3 unspecified atom stereocenters. The summed E-state index contributed by atoms with van der Waals surface area (Å²) in [5.74, 6) is -3.44. The number of carbonyl (C=O) groups is 4. The Morgan fingerprint density at radius 3 is 2.18 bits per heavy atom. The van der Waals surface area contributed by atoms with Gasteiger partial charge in [0.15, 0.2) is 6.04 Å². The number of rotatable bonds is 9. The number of aliphatic hydroxyl groups is 1. The highest BCUT2D eigenvalue weighted by Crippen LogP contribution is 1.93. The highest BCUT2D eigenvalue weighted by atomic mass is 32.1. The van der Waals surface area contributed by atoms with Crippen molar-refractivity contribution in [2.24, 2.45) is 5.73 Å². The van der Waals surface area contributed by atoms with Crippen LogP contribution in [-0.4, -0.2) is 70.9 Å². The second kappa shape index (κ2) is 9.97. The highest BCUT2D eigenvalue weighted by molar-refractivity contribution is 7.80. The number of hydrogen-bond acceptors (Lipinski definition) is 7. The average Bonchev–Trinajstić information content (AvgIpc) is 2.46. The summed E-state index contributed by atoms with van der Waals surface area (Å²) in [7, 11) is 0. The molecule has 0 bridgehead atoms. The van der Waals surface area contributed by atoms with Gasteiger partial charge in [0.1, 0.15) is 6.04 Å². The molecule has 0 saturated heterocycles. The number of carbonyl (C=O) groups excluding carboxylic acids is 3. The van der Waals surface area contributed by atoms with Crippen molar-refractivity contribution in [3.8, 4) is 0 Å². The van der Waals surface area contributed by atoms with E-state index in [2.05, 4.69) is 28.6 Å². The monoisotopic (exact) mass is 336 g/mol. The van der Waals surface area contributed by atoms with E-state index in [-0.39, 0.29) is 12.3 Å². The number of carboxylic acids is 1. The summed E-state index contributed by atoms with van der Waals surface area (Å²) in [6.45, 7) is 0.391. The number of amides is 3. The van der Waals surface area contributed by atoms with Crippen LogP contribution in [0.15, 0.2) is 0 Å². The number of hydrogen-bond donors (Lipinski definition) is 7. The molecule has 0 aromatic carbocycles. The van der Waals surface area contributed by atoms with Gasteiger partial charge in [-0.25, -0.2) is 4.79 Å². The summed E-state index contributed by atoms with van der Waals surface area (Å²) in [6.07, 6.45) is -1.30. The molecule has 0 aliphatic heterocycles. The van der Waals surface area contributed by atoms with Crippen molar-refractivity contribution in [3.63, 3.8) is 0 Å². The Labute approximate surface area is 132 Å². The van der Waals surface area contributed by atoms with E-state index < -0.39 is 48.4 Å². The van der Waals surface area contributed by atoms with Crippen molar-refractivity contribution in [3.05, 3.63) is 0 Å². The first-order valence-corrected chi connectivity index (χ1v) is 6.94. The van der Waals surface area contributed by atoms with Gasteiger partial charge in [0.05, 0.1) is 19.2 Å². The van der Waals surface area contributed by atoms with Gasteiger partial charge in [-0.2, -0.15) is 12.6 Å². The van der Waals surface area contributed by atoms with Gasteiger partial charge in [0.25, 0.3) is 0 Å². The molecule has 7 N–H and O–H groups in total. The first-order valence-electron chi connectivity index (χ1n) is 6.31. The van der Waals surface area contributed by atoms with Gasteiger partial charge in [-0.3, -0.25) is 14.4 Å². The third-order valence-corrected chi connectivity index (χ3v) is 2.87. The maximum atomic E-state index is 11.7. The molecule has 0 aromatic rings. The fraction of sp³-hybridized carbons (Fsp3) is 0.636. The topological polar surface area (TPSA) is 171 Å². The Balaban J connectivity index is 4.41. The third kappa shape index (κ3) is 7.24. The molecule has 0 radical (unpaired) electrons. The van der Waals surface area contributed by atoms with Gasteiger partial charge in [-0.1, -0.05) is 0 Å². The van der Waals surface area contributed by atoms with Crippen molar-refractivity contribution in [2.45, 2.75) is 25.1 Å². The largest absolute Gasteiger partial charge is 0.480 e. The zero-order valence-corrected chi connectivity index (χ0v) is 12.8. The molecular weight excluding hydrogens is 316 g/mol. The van der Waals surface area contributed by atoms with Crippen LogP contribution in [0.1, 0.15) is 6.92 Å². The molecule has 0 aromatic heterocycles. The maximum absolute atomic E-state index is 11.7. The smallest absolute Gasteiger partial charge is 0.328 e. The lowest BCUT2D eigenvalue weighted by Gasteiger charge is -2.18. The van der Waals surface area contributed by atoms with Crippen LogP contribution in [-0.2, 0) is 19.2 Å². The van der Waals surface area contributed by atoms with Gasteiger partial charge in [0.2, 0.25) is 17.7 Å². The summed E-state index contributed by atoms with van der Waals surface area (Å²) in [5.41, 5.74) is 5.10. The van der Waals surface area contributed by atoms with Crippen molar-refractivity contribution in [1.29, 1.82) is 0 Å². The fourth-order valence-electron chi connectivity index (χ4n) is 1.35. The summed E-state index contributed by atoms with van der Waals surface area (Å²) in [6, 6.07) is -2.46. The molecule has 126 valence electrons. The first kappa shape index (κ1) is 20.1. The summed E-state index contributed by atoms with van der Waals surface area (Å²) < 4.78 is 0. The van der Waals surface area contributed by atoms with Gasteiger partial charge in [-0.15, -0.1) is 0 Å². The number of aliphatic carboxylic acids is 1. The van der Waals surface area contributed by atoms with E-state index in [1.54, 1.807) is 0 Å². The predicted octanol–water partition coefficient (Wildman–Crippen LogP) is -3.57. The van der Waals surface area contributed by atoms with Crippen LogP contribution in [0.5, 0.6) is 0 Å². The molecule has 0 saturated carbocycles. The van der Waals surface area contributed by atoms with Crippen LogP contribution in [0.25, 0.3) is 0 Å². The summed E-state index contributed by atoms with van der Waals surface area (Å²) in [5, 5.41) is 24.6. The molecule has 0 aliphatic rings. The minimum absolute atomic E-state index is 0.00931. The van der Waals surface area contributed by atoms with Crippen LogP contribution in [0, 0.1) is 0 Å². The molecule has 0 aliphatic carbocycles. The number of carboxylic acid groups (broad SMARTS) is 1. The third-order valence-electron chi connectivity index (χ3n) is 2.51. The lowest BCUT2D eigenvalue weighted by molar-refractivity contribution is -0.144. The van der Waals surface area contributed by atoms with E-state index in [0.717, 1.165) is 0 Å². The molecule has 0 heterocycles. The van der Waals surface area contributed by atoms with E-state index in [0.29, 0.717) is 0 Å². The van der Waals surface area contributed by atoms with Crippen LogP contribution < -0.4 is 21.7 Å². The van der Waals surface area contributed by atoms with E-state index in [4.69, 9.17) is 10.8 Å². The molecule has 10 nitrogen and oxygen atoms in total. The van der Waals surface area contributed by atoms with E-state index in [9.17, 15) is 24.3 Å². The Bertz CT molecular complexity index is 431. The minimum atomic E-state index is -1.48. The van der Waals surface area contributed by atoms with Gasteiger partial charge in [-0.05, 0) is 6.92 Å². The standard InChI is InChI=1S/C11H20N4O6S/c1-5(16)9(11(20)21)15-8(18)3-13-10(19)6(4-22)14-7(17)2-12/h5-6,9,16,22H,2-4,12H2,1H3,(H,13,19)(H,14,17)(H,15,18)(H,20,21). The van der Waals surface area contributed by atoms with Crippen LogP contribution in [0.2, 0.25) is 0 Å². The van der Waals surface area contributed by atoms with Gasteiger partial charge in [0, 0.05) is 5.75 Å². The minimum Gasteiger partial charge on any atom is -0.480 e. The zero-order valence-electron chi connectivity index (χ0n) is 11.9. The number of aliphatic hydroxyl groups excluding tert-OH is 1. The molecule has 0 spiro atoms. The summed E-state index contributed by atoms with van der Waals surface area (Å²) >= 11 is 3.89. The normalized spacial score (nSPS) is 14.4. The predicted molar refractivity (Wildman–Crippen MR) is 79.1 cm³/mol. The van der Waals surface area contributed by atoms with Crippen LogP contribution in [0.4, 0.5) is 0 Å². The van der Waals surface area contributed by atoms with Crippen molar-refractivity contribution < 1.29 is 29.4 Å². The van der Waals surface area contributed by atoms with Crippen molar-refractivity contribution >= 4 is 36.3 Å². The molecular formula is C11H20N4O6S. The van der Waals surface area contributed by atoms with Crippen molar-refractivity contribution in [1.82, 2.24) is 16.0 Å². The lowest BCUT2D eigenvalue weighted by atomic mass is 10.2. The van der Waals surface area contributed by atoms with Crippen molar-refractivity contribution in [2.75, 3.05) is 18.8 Å².